The smallest absolute Gasteiger partial charge is 0.0887 e. The first-order chi connectivity index (χ1) is 15.8. The minimum Gasteiger partial charge on any atom is -0.354 e. The third kappa shape index (κ3) is 4.60. The van der Waals surface area contributed by atoms with Gasteiger partial charge in [0.05, 0.1) is 46.5 Å². The molecule has 1 aromatic carbocycles. The highest BCUT2D eigenvalue weighted by atomic mass is 14.9. The van der Waals surface area contributed by atoms with E-state index in [0.29, 0.717) is 0 Å². The van der Waals surface area contributed by atoms with Gasteiger partial charge in [0.1, 0.15) is 0 Å². The fourth-order valence-electron chi connectivity index (χ4n) is 3.24. The monoisotopic (exact) mass is 416 g/mol. The summed E-state index contributed by atoms with van der Waals surface area (Å²) in [5, 5.41) is 6.74. The summed E-state index contributed by atoms with van der Waals surface area (Å²) in [5.74, 6) is 0. The van der Waals surface area contributed by atoms with Crippen LogP contribution in [-0.2, 0) is 0 Å². The Morgan fingerprint density at radius 3 is 1.12 bits per heavy atom. The number of rotatable bonds is 6. The number of pyridine rings is 4. The van der Waals surface area contributed by atoms with Gasteiger partial charge in [-0.2, -0.15) is 0 Å². The lowest BCUT2D eigenvalue weighted by atomic mass is 10.2. The number of hydrogen-bond acceptors (Lipinski definition) is 6. The Balaban J connectivity index is 1.22. The number of nitrogens with one attached hydrogen (secondary N) is 2. The molecule has 0 fully saturated rings. The van der Waals surface area contributed by atoms with Crippen molar-refractivity contribution in [2.45, 2.75) is 0 Å². The molecular formula is C26H20N6. The first-order valence-electron chi connectivity index (χ1n) is 10.2. The van der Waals surface area contributed by atoms with Gasteiger partial charge in [0.25, 0.3) is 0 Å². The van der Waals surface area contributed by atoms with E-state index >= 15 is 0 Å². The molecule has 0 saturated carbocycles. The summed E-state index contributed by atoms with van der Waals surface area (Å²) in [6.07, 6.45) is 7.16. The van der Waals surface area contributed by atoms with Crippen LogP contribution >= 0.6 is 0 Å². The molecule has 2 N–H and O–H groups in total. The van der Waals surface area contributed by atoms with Crippen LogP contribution < -0.4 is 10.6 Å². The van der Waals surface area contributed by atoms with Gasteiger partial charge in [-0.3, -0.25) is 19.9 Å². The number of hydrogen-bond donors (Lipinski definition) is 2. The Kier molecular flexibility index (Phi) is 5.49. The quantitative estimate of drug-likeness (QED) is 0.349. The first kappa shape index (κ1) is 19.4. The lowest BCUT2D eigenvalue weighted by molar-refractivity contribution is 1.24. The summed E-state index contributed by atoms with van der Waals surface area (Å²) < 4.78 is 0. The van der Waals surface area contributed by atoms with Crippen molar-refractivity contribution in [3.63, 3.8) is 0 Å². The van der Waals surface area contributed by atoms with Gasteiger partial charge in [-0.1, -0.05) is 12.1 Å². The van der Waals surface area contributed by atoms with E-state index in [9.17, 15) is 0 Å². The highest BCUT2D eigenvalue weighted by Gasteiger charge is 2.03. The van der Waals surface area contributed by atoms with Crippen LogP contribution in [0.3, 0.4) is 0 Å². The van der Waals surface area contributed by atoms with Crippen molar-refractivity contribution < 1.29 is 0 Å². The molecule has 0 saturated heterocycles. The molecule has 0 aliphatic rings. The number of nitrogens with zero attached hydrogens (tertiary/aromatic N) is 4. The van der Waals surface area contributed by atoms with E-state index in [1.165, 1.54) is 0 Å². The van der Waals surface area contributed by atoms with Gasteiger partial charge in [0.15, 0.2) is 0 Å². The normalized spacial score (nSPS) is 10.5. The topological polar surface area (TPSA) is 75.6 Å². The van der Waals surface area contributed by atoms with Crippen LogP contribution in [0.2, 0.25) is 0 Å². The molecule has 154 valence electrons. The molecule has 0 aliphatic carbocycles. The van der Waals surface area contributed by atoms with Crippen LogP contribution in [0.15, 0.2) is 110 Å². The molecule has 0 amide bonds. The van der Waals surface area contributed by atoms with Gasteiger partial charge in [-0.25, -0.2) is 0 Å². The van der Waals surface area contributed by atoms with Crippen LogP contribution in [0.1, 0.15) is 0 Å². The van der Waals surface area contributed by atoms with E-state index in [0.717, 1.165) is 45.5 Å². The van der Waals surface area contributed by atoms with E-state index < -0.39 is 0 Å². The fourth-order valence-corrected chi connectivity index (χ4v) is 3.24. The highest BCUT2D eigenvalue weighted by Crippen LogP contribution is 2.23. The van der Waals surface area contributed by atoms with Crippen molar-refractivity contribution in [1.82, 2.24) is 19.9 Å². The molecule has 6 nitrogen and oxygen atoms in total. The molecule has 0 atom stereocenters. The van der Waals surface area contributed by atoms with E-state index in [1.54, 1.807) is 12.4 Å². The van der Waals surface area contributed by atoms with Crippen LogP contribution in [0.25, 0.3) is 22.8 Å². The number of anilines is 4. The average Bonchev–Trinajstić information content (AvgIpc) is 2.87. The van der Waals surface area contributed by atoms with Crippen molar-refractivity contribution in [1.29, 1.82) is 0 Å². The third-order valence-corrected chi connectivity index (χ3v) is 4.84. The Bertz CT molecular complexity index is 1170. The van der Waals surface area contributed by atoms with Gasteiger partial charge in [0, 0.05) is 23.8 Å². The van der Waals surface area contributed by atoms with E-state index in [1.807, 2.05) is 97.3 Å². The molecule has 5 rings (SSSR count). The Morgan fingerprint density at radius 2 is 0.781 bits per heavy atom. The predicted octanol–water partition coefficient (Wildman–Crippen LogP) is 6.09. The highest BCUT2D eigenvalue weighted by molar-refractivity contribution is 5.67. The van der Waals surface area contributed by atoms with Crippen molar-refractivity contribution >= 4 is 22.7 Å². The molecule has 32 heavy (non-hydrogen) atoms. The molecule has 0 radical (unpaired) electrons. The summed E-state index contributed by atoms with van der Waals surface area (Å²) in [7, 11) is 0. The Labute approximate surface area is 186 Å². The zero-order valence-corrected chi connectivity index (χ0v) is 17.2. The minimum absolute atomic E-state index is 0.846. The molecule has 5 aromatic rings. The summed E-state index contributed by atoms with van der Waals surface area (Å²) in [4.78, 5) is 17.7. The lowest BCUT2D eigenvalue weighted by Crippen LogP contribution is -1.95. The third-order valence-electron chi connectivity index (χ3n) is 4.84. The van der Waals surface area contributed by atoms with E-state index in [4.69, 9.17) is 0 Å². The summed E-state index contributed by atoms with van der Waals surface area (Å²) in [6.45, 7) is 0. The van der Waals surface area contributed by atoms with Crippen LogP contribution in [0.4, 0.5) is 22.7 Å². The zero-order chi connectivity index (χ0) is 21.6. The van der Waals surface area contributed by atoms with Gasteiger partial charge in [-0.15, -0.1) is 0 Å². The van der Waals surface area contributed by atoms with Crippen LogP contribution in [-0.4, -0.2) is 19.9 Å². The molecule has 0 unspecified atom stereocenters. The maximum atomic E-state index is 4.50. The first-order valence-corrected chi connectivity index (χ1v) is 10.2. The van der Waals surface area contributed by atoms with Gasteiger partial charge in [-0.05, 0) is 72.8 Å². The number of aromatic nitrogens is 4. The number of benzene rings is 1. The predicted molar refractivity (Wildman–Crippen MR) is 128 cm³/mol. The molecule has 0 bridgehead atoms. The largest absolute Gasteiger partial charge is 0.354 e. The molecule has 0 aliphatic heterocycles. The van der Waals surface area contributed by atoms with Crippen LogP contribution in [0.5, 0.6) is 0 Å². The van der Waals surface area contributed by atoms with Crippen molar-refractivity contribution in [2.75, 3.05) is 10.6 Å². The second-order valence-corrected chi connectivity index (χ2v) is 7.12. The van der Waals surface area contributed by atoms with Crippen molar-refractivity contribution in [2.24, 2.45) is 0 Å². The lowest BCUT2D eigenvalue weighted by Gasteiger charge is -2.10. The molecule has 4 aromatic heterocycles. The van der Waals surface area contributed by atoms with Crippen LogP contribution in [0, 0.1) is 0 Å². The van der Waals surface area contributed by atoms with Gasteiger partial charge < -0.3 is 10.6 Å². The minimum atomic E-state index is 0.846. The standard InChI is InChI=1S/C26H20N6/c1-3-15-27-23(5-1)25-13-11-21(17-29-25)31-19-7-9-20(10-8-19)32-22-12-14-26(30-18-22)24-6-2-4-16-28-24/h1-18,31-32H. The van der Waals surface area contributed by atoms with Gasteiger partial charge in [0.2, 0.25) is 0 Å². The maximum Gasteiger partial charge on any atom is 0.0887 e. The van der Waals surface area contributed by atoms with E-state index in [-0.39, 0.29) is 0 Å². The molecule has 0 spiro atoms. The zero-order valence-electron chi connectivity index (χ0n) is 17.2. The van der Waals surface area contributed by atoms with E-state index in [2.05, 4.69) is 30.6 Å². The summed E-state index contributed by atoms with van der Waals surface area (Å²) in [6, 6.07) is 27.6. The fraction of sp³-hybridized carbons (Fsp3) is 0. The second-order valence-electron chi connectivity index (χ2n) is 7.12. The Morgan fingerprint density at radius 1 is 0.375 bits per heavy atom. The SMILES string of the molecule is c1ccc(-c2ccc(Nc3ccc(Nc4ccc(-c5ccccn5)nc4)cc3)cn2)nc1. The molecular weight excluding hydrogens is 396 g/mol. The van der Waals surface area contributed by atoms with Gasteiger partial charge >= 0.3 is 0 Å². The van der Waals surface area contributed by atoms with Crippen molar-refractivity contribution in [3.8, 4) is 22.8 Å². The summed E-state index contributed by atoms with van der Waals surface area (Å²) >= 11 is 0. The van der Waals surface area contributed by atoms with Crippen molar-refractivity contribution in [3.05, 3.63) is 110 Å². The molecule has 4 heterocycles. The average molecular weight is 416 g/mol. The maximum absolute atomic E-state index is 4.50. The second kappa shape index (κ2) is 9.06. The Hall–Kier alpha value is -4.58. The molecule has 6 heteroatoms. The summed E-state index contributed by atoms with van der Waals surface area (Å²) in [5.41, 5.74) is 7.20.